The number of hydrogen-bond donors (Lipinski definition) is 0. The second kappa shape index (κ2) is 3.07. The third-order valence-electron chi connectivity index (χ3n) is 0.440. The van der Waals surface area contributed by atoms with Gasteiger partial charge in [0.05, 0.1) is 6.20 Å². The van der Waals surface area contributed by atoms with E-state index in [1.165, 1.54) is 12.3 Å². The number of carbonyl (C=O) groups is 1. The summed E-state index contributed by atoms with van der Waals surface area (Å²) in [7, 11) is 0. The molecule has 0 atom stereocenters. The van der Waals surface area contributed by atoms with Gasteiger partial charge in [0.25, 0.3) is 5.91 Å². The number of carbonyl (C=O) groups excluding carboxylic acids is 1. The zero-order valence-corrected chi connectivity index (χ0v) is 5.96. The van der Waals surface area contributed by atoms with E-state index in [0.29, 0.717) is 0 Å². The van der Waals surface area contributed by atoms with Crippen LogP contribution < -0.4 is 0 Å². The first kappa shape index (κ1) is 7.01. The molecule has 0 unspecified atom stereocenters. The van der Waals surface area contributed by atoms with Gasteiger partial charge < -0.3 is 0 Å². The first-order chi connectivity index (χ1) is 2.89. The summed E-state index contributed by atoms with van der Waals surface area (Å²) in [6, 6.07) is 0. The number of hydrogen-bond acceptors (Lipinski definition) is 2. The van der Waals surface area contributed by atoms with Crippen LogP contribution in [0.4, 0.5) is 0 Å². The molecule has 0 aromatic heterocycles. The predicted octanol–water partition coefficient (Wildman–Crippen LogP) is 0.112. The largest absolute Gasteiger partial charge is 0.289 e. The van der Waals surface area contributed by atoms with Crippen molar-refractivity contribution in [1.82, 2.24) is 0 Å². The molecule has 0 aromatic rings. The molecule has 31 valence electrons. The summed E-state index contributed by atoms with van der Waals surface area (Å²) < 4.78 is 0. The SMILES string of the molecule is O=C1C=CN=N1.[Na]. The molecule has 1 heterocycles. The summed E-state index contributed by atoms with van der Waals surface area (Å²) in [4.78, 5) is 9.90. The van der Waals surface area contributed by atoms with E-state index in [0.717, 1.165) is 0 Å². The van der Waals surface area contributed by atoms with Crippen LogP contribution in [0.1, 0.15) is 0 Å². The van der Waals surface area contributed by atoms with Crippen LogP contribution in [-0.4, -0.2) is 35.5 Å². The smallest absolute Gasteiger partial charge is 0.266 e. The summed E-state index contributed by atoms with van der Waals surface area (Å²) in [6.07, 6.45) is 2.67. The molecule has 7 heavy (non-hydrogen) atoms. The van der Waals surface area contributed by atoms with Crippen LogP contribution in [0.15, 0.2) is 22.5 Å². The maximum Gasteiger partial charge on any atom is 0.289 e. The Hall–Kier alpha value is 0.0100. The number of rotatable bonds is 0. The molecule has 3 nitrogen and oxygen atoms in total. The van der Waals surface area contributed by atoms with Gasteiger partial charge in [0.1, 0.15) is 0 Å². The van der Waals surface area contributed by atoms with Crippen molar-refractivity contribution in [3.63, 3.8) is 0 Å². The van der Waals surface area contributed by atoms with Crippen LogP contribution in [0.2, 0.25) is 0 Å². The van der Waals surface area contributed by atoms with Gasteiger partial charge in [-0.25, -0.2) is 0 Å². The van der Waals surface area contributed by atoms with Gasteiger partial charge in [-0.05, 0) is 0 Å². The monoisotopic (exact) mass is 105 g/mol. The summed E-state index contributed by atoms with van der Waals surface area (Å²) in [6.45, 7) is 0. The first-order valence-corrected chi connectivity index (χ1v) is 1.51. The second-order valence-electron chi connectivity index (χ2n) is 0.869. The standard InChI is InChI=1S/C3H2N2O.Na/c6-3-1-2-4-5-3;/h1-2H;. The third-order valence-corrected chi connectivity index (χ3v) is 0.440. The van der Waals surface area contributed by atoms with Gasteiger partial charge in [0.15, 0.2) is 0 Å². The fourth-order valence-corrected chi connectivity index (χ4v) is 0.221. The van der Waals surface area contributed by atoms with E-state index >= 15 is 0 Å². The van der Waals surface area contributed by atoms with Gasteiger partial charge in [-0.1, -0.05) is 0 Å². The normalized spacial score (nSPS) is 14.6. The molecule has 1 amide bonds. The molecule has 0 spiro atoms. The maximum atomic E-state index is 9.90. The van der Waals surface area contributed by atoms with Gasteiger partial charge >= 0.3 is 0 Å². The van der Waals surface area contributed by atoms with Crippen molar-refractivity contribution in [3.05, 3.63) is 12.3 Å². The zero-order valence-electron chi connectivity index (χ0n) is 3.96. The fourth-order valence-electron chi connectivity index (χ4n) is 0.221. The Kier molecular flexibility index (Phi) is 3.07. The Morgan fingerprint density at radius 2 is 2.29 bits per heavy atom. The van der Waals surface area contributed by atoms with Gasteiger partial charge in [-0.15, -0.1) is 5.11 Å². The molecule has 0 aliphatic carbocycles. The molecule has 1 radical (unpaired) electrons. The average molecular weight is 105 g/mol. The van der Waals surface area contributed by atoms with Crippen LogP contribution >= 0.6 is 0 Å². The second-order valence-corrected chi connectivity index (χ2v) is 0.869. The molecule has 0 N–H and O–H groups in total. The molecular formula is C3H2N2NaO. The van der Waals surface area contributed by atoms with Crippen molar-refractivity contribution >= 4 is 35.5 Å². The minimum Gasteiger partial charge on any atom is -0.266 e. The van der Waals surface area contributed by atoms with Crippen molar-refractivity contribution in [2.24, 2.45) is 10.2 Å². The van der Waals surface area contributed by atoms with Crippen molar-refractivity contribution in [3.8, 4) is 0 Å². The topological polar surface area (TPSA) is 41.8 Å². The summed E-state index contributed by atoms with van der Waals surface area (Å²) in [5.41, 5.74) is 0. The Bertz CT molecular complexity index is 115. The molecule has 1 aliphatic heterocycles. The Labute approximate surface area is 62.8 Å². The first-order valence-electron chi connectivity index (χ1n) is 1.51. The minimum atomic E-state index is -0.269. The van der Waals surface area contributed by atoms with Crippen LogP contribution in [-0.2, 0) is 4.79 Å². The van der Waals surface area contributed by atoms with E-state index in [9.17, 15) is 4.79 Å². The Morgan fingerprint density at radius 3 is 2.43 bits per heavy atom. The number of nitrogens with zero attached hydrogens (tertiary/aromatic N) is 2. The molecule has 1 rings (SSSR count). The fraction of sp³-hybridized carbons (Fsp3) is 0. The van der Waals surface area contributed by atoms with Crippen molar-refractivity contribution in [2.45, 2.75) is 0 Å². The summed E-state index contributed by atoms with van der Waals surface area (Å²) in [5, 5.41) is 6.37. The average Bonchev–Trinajstić information content (AvgIpc) is 1.86. The Balaban J connectivity index is 0.000000360. The molecule has 0 bridgehead atoms. The van der Waals surface area contributed by atoms with Crippen LogP contribution in [0.3, 0.4) is 0 Å². The number of azo groups is 1. The minimum absolute atomic E-state index is 0. The van der Waals surface area contributed by atoms with E-state index in [4.69, 9.17) is 0 Å². The summed E-state index contributed by atoms with van der Waals surface area (Å²) >= 11 is 0. The van der Waals surface area contributed by atoms with E-state index in [2.05, 4.69) is 10.2 Å². The predicted molar refractivity (Wildman–Crippen MR) is 24.8 cm³/mol. The van der Waals surface area contributed by atoms with Crippen molar-refractivity contribution in [2.75, 3.05) is 0 Å². The van der Waals surface area contributed by atoms with E-state index in [1.807, 2.05) is 0 Å². The molecular weight excluding hydrogens is 103 g/mol. The van der Waals surface area contributed by atoms with Crippen LogP contribution in [0, 0.1) is 0 Å². The quantitative estimate of drug-likeness (QED) is 0.403. The number of amides is 1. The molecule has 1 aliphatic rings. The van der Waals surface area contributed by atoms with E-state index in [-0.39, 0.29) is 35.5 Å². The van der Waals surface area contributed by atoms with Gasteiger partial charge in [0.2, 0.25) is 0 Å². The zero-order chi connectivity index (χ0) is 4.41. The molecule has 0 fully saturated rings. The molecule has 0 aromatic carbocycles. The van der Waals surface area contributed by atoms with E-state index in [1.54, 1.807) is 0 Å². The molecule has 4 heteroatoms. The Morgan fingerprint density at radius 1 is 1.57 bits per heavy atom. The summed E-state index contributed by atoms with van der Waals surface area (Å²) in [5.74, 6) is -0.269. The van der Waals surface area contributed by atoms with Crippen molar-refractivity contribution in [1.29, 1.82) is 0 Å². The van der Waals surface area contributed by atoms with Gasteiger partial charge in [-0.2, -0.15) is 5.11 Å². The molecule has 0 saturated heterocycles. The van der Waals surface area contributed by atoms with Crippen LogP contribution in [0.25, 0.3) is 0 Å². The van der Waals surface area contributed by atoms with E-state index < -0.39 is 0 Å². The third kappa shape index (κ3) is 1.97. The van der Waals surface area contributed by atoms with Gasteiger partial charge in [-0.3, -0.25) is 4.79 Å². The van der Waals surface area contributed by atoms with Crippen LogP contribution in [0.5, 0.6) is 0 Å². The maximum absolute atomic E-state index is 9.90. The van der Waals surface area contributed by atoms with Crippen molar-refractivity contribution < 1.29 is 4.79 Å². The van der Waals surface area contributed by atoms with Gasteiger partial charge in [0, 0.05) is 35.6 Å². The molecule has 0 saturated carbocycles.